The molecule has 1 amide bonds. The van der Waals surface area contributed by atoms with Gasteiger partial charge in [0.25, 0.3) is 5.91 Å². The largest absolute Gasteiger partial charge is 0.467 e. The van der Waals surface area contributed by atoms with Crippen LogP contribution in [-0.2, 0) is 9.53 Å². The molecule has 0 spiro atoms. The predicted octanol–water partition coefficient (Wildman–Crippen LogP) is 3.45. The van der Waals surface area contributed by atoms with Crippen LogP contribution >= 0.6 is 23.5 Å². The Labute approximate surface area is 192 Å². The van der Waals surface area contributed by atoms with Gasteiger partial charge in [0.1, 0.15) is 6.04 Å². The van der Waals surface area contributed by atoms with E-state index in [4.69, 9.17) is 4.74 Å². The Balaban J connectivity index is 1.83. The highest BCUT2D eigenvalue weighted by molar-refractivity contribution is 8.00. The molecule has 0 bridgehead atoms. The number of ether oxygens (including phenoxy) is 1. The average Bonchev–Trinajstić information content (AvgIpc) is 3.34. The molecule has 2 atom stereocenters. The van der Waals surface area contributed by atoms with Crippen LogP contribution in [0.1, 0.15) is 16.8 Å². The van der Waals surface area contributed by atoms with E-state index < -0.39 is 12.0 Å². The normalized spacial score (nSPS) is 16.5. The fraction of sp³-hybridized carbons (Fsp3) is 0.391. The highest BCUT2D eigenvalue weighted by atomic mass is 32.2. The monoisotopic (exact) mass is 459 g/mol. The molecule has 0 aromatic heterocycles. The van der Waals surface area contributed by atoms with Crippen LogP contribution in [0.15, 0.2) is 48.5 Å². The van der Waals surface area contributed by atoms with Gasteiger partial charge in [-0.3, -0.25) is 4.79 Å². The summed E-state index contributed by atoms with van der Waals surface area (Å²) in [6.07, 6.45) is 2.49. The Kier molecular flexibility index (Phi) is 9.12. The highest BCUT2D eigenvalue weighted by Crippen LogP contribution is 2.28. The second-order valence-corrected chi connectivity index (χ2v) is 9.45. The SMILES string of the molecule is COC(=O)[C@H](CCSC)NC(=O)c1ccc(NC[C@@H]2NCCS2)cc1-c1ccccc1. The molecule has 6 nitrogen and oxygen atoms in total. The van der Waals surface area contributed by atoms with Gasteiger partial charge in [0.05, 0.1) is 12.5 Å². The van der Waals surface area contributed by atoms with E-state index in [0.717, 1.165) is 41.4 Å². The van der Waals surface area contributed by atoms with Crippen molar-refractivity contribution in [1.82, 2.24) is 10.6 Å². The first-order valence-electron chi connectivity index (χ1n) is 10.3. The lowest BCUT2D eigenvalue weighted by Gasteiger charge is -2.19. The third kappa shape index (κ3) is 6.66. The number of hydrogen-bond acceptors (Lipinski definition) is 7. The average molecular weight is 460 g/mol. The Morgan fingerprint density at radius 3 is 2.74 bits per heavy atom. The van der Waals surface area contributed by atoms with E-state index in [9.17, 15) is 9.59 Å². The second-order valence-electron chi connectivity index (χ2n) is 7.15. The maximum absolute atomic E-state index is 13.2. The molecule has 3 N–H and O–H groups in total. The first kappa shape index (κ1) is 23.5. The van der Waals surface area contributed by atoms with E-state index in [0.29, 0.717) is 17.4 Å². The standard InChI is InChI=1S/C23H29N3O3S2/c1-29-23(28)20(10-12-30-2)26-22(27)18-9-8-17(25-15-21-24-11-13-31-21)14-19(18)16-6-4-3-5-7-16/h3-9,14,20-21,24-25H,10-13,15H2,1-2H3,(H,26,27)/t20-,21+/m0/s1. The molecule has 1 heterocycles. The number of hydrogen-bond donors (Lipinski definition) is 3. The van der Waals surface area contributed by atoms with Gasteiger partial charge in [0, 0.05) is 30.1 Å². The van der Waals surface area contributed by atoms with Gasteiger partial charge < -0.3 is 20.7 Å². The lowest BCUT2D eigenvalue weighted by Crippen LogP contribution is -2.42. The zero-order valence-corrected chi connectivity index (χ0v) is 19.5. The van der Waals surface area contributed by atoms with Gasteiger partial charge >= 0.3 is 5.97 Å². The molecule has 31 heavy (non-hydrogen) atoms. The first-order valence-corrected chi connectivity index (χ1v) is 12.7. The van der Waals surface area contributed by atoms with Crippen molar-refractivity contribution in [3.8, 4) is 11.1 Å². The molecule has 1 fully saturated rings. The van der Waals surface area contributed by atoms with Crippen LogP contribution in [0.3, 0.4) is 0 Å². The summed E-state index contributed by atoms with van der Waals surface area (Å²) < 4.78 is 4.88. The van der Waals surface area contributed by atoms with Crippen LogP contribution in [0.4, 0.5) is 5.69 Å². The van der Waals surface area contributed by atoms with E-state index in [-0.39, 0.29) is 5.91 Å². The van der Waals surface area contributed by atoms with Crippen molar-refractivity contribution in [2.45, 2.75) is 17.8 Å². The number of esters is 1. The molecule has 0 saturated carbocycles. The van der Waals surface area contributed by atoms with Crippen molar-refractivity contribution in [2.24, 2.45) is 0 Å². The minimum absolute atomic E-state index is 0.282. The van der Waals surface area contributed by atoms with Crippen molar-refractivity contribution in [2.75, 3.05) is 43.3 Å². The van der Waals surface area contributed by atoms with Crippen LogP contribution < -0.4 is 16.0 Å². The molecule has 0 radical (unpaired) electrons. The zero-order chi connectivity index (χ0) is 22.1. The summed E-state index contributed by atoms with van der Waals surface area (Å²) in [5, 5.41) is 10.2. The summed E-state index contributed by atoms with van der Waals surface area (Å²) in [7, 11) is 1.34. The maximum Gasteiger partial charge on any atom is 0.328 e. The Morgan fingerprint density at radius 1 is 1.26 bits per heavy atom. The third-order valence-corrected chi connectivity index (χ3v) is 6.85. The molecule has 1 aliphatic heterocycles. The maximum atomic E-state index is 13.2. The molecule has 8 heteroatoms. The smallest absolute Gasteiger partial charge is 0.328 e. The van der Waals surface area contributed by atoms with Gasteiger partial charge in [0.15, 0.2) is 0 Å². The molecule has 2 aromatic rings. The van der Waals surface area contributed by atoms with Crippen LogP contribution in [0.5, 0.6) is 0 Å². The van der Waals surface area contributed by atoms with Gasteiger partial charge in [0.2, 0.25) is 0 Å². The number of anilines is 1. The Hall–Kier alpha value is -2.16. The minimum Gasteiger partial charge on any atom is -0.467 e. The van der Waals surface area contributed by atoms with Crippen LogP contribution in [0.25, 0.3) is 11.1 Å². The molecule has 0 aliphatic carbocycles. The van der Waals surface area contributed by atoms with Crippen molar-refractivity contribution in [3.05, 3.63) is 54.1 Å². The second kappa shape index (κ2) is 12.0. The number of rotatable bonds is 10. The summed E-state index contributed by atoms with van der Waals surface area (Å²) >= 11 is 3.53. The quantitative estimate of drug-likeness (QED) is 0.470. The summed E-state index contributed by atoms with van der Waals surface area (Å²) in [5.41, 5.74) is 3.26. The molecular weight excluding hydrogens is 430 g/mol. The third-order valence-electron chi connectivity index (χ3n) is 5.04. The van der Waals surface area contributed by atoms with Gasteiger partial charge in [-0.05, 0) is 47.8 Å². The lowest BCUT2D eigenvalue weighted by atomic mass is 9.98. The van der Waals surface area contributed by atoms with E-state index in [2.05, 4.69) is 16.0 Å². The summed E-state index contributed by atoms with van der Waals surface area (Å²) in [6.45, 7) is 1.84. The van der Waals surface area contributed by atoms with Crippen molar-refractivity contribution < 1.29 is 14.3 Å². The number of carbonyl (C=O) groups is 2. The summed E-state index contributed by atoms with van der Waals surface area (Å²) in [5.74, 6) is 1.17. The van der Waals surface area contributed by atoms with Gasteiger partial charge in [-0.2, -0.15) is 11.8 Å². The number of carbonyl (C=O) groups excluding carboxylic acids is 2. The van der Waals surface area contributed by atoms with Crippen molar-refractivity contribution >= 4 is 41.1 Å². The molecular formula is C23H29N3O3S2. The number of nitrogens with one attached hydrogen (secondary N) is 3. The van der Waals surface area contributed by atoms with E-state index >= 15 is 0 Å². The van der Waals surface area contributed by atoms with Gasteiger partial charge in [-0.15, -0.1) is 11.8 Å². The van der Waals surface area contributed by atoms with Crippen LogP contribution in [0.2, 0.25) is 0 Å². The number of methoxy groups -OCH3 is 1. The number of benzene rings is 2. The van der Waals surface area contributed by atoms with Crippen LogP contribution in [0, 0.1) is 0 Å². The summed E-state index contributed by atoms with van der Waals surface area (Å²) in [4.78, 5) is 25.3. The van der Waals surface area contributed by atoms with E-state index in [1.165, 1.54) is 7.11 Å². The molecule has 2 aromatic carbocycles. The van der Waals surface area contributed by atoms with Crippen LogP contribution in [-0.4, -0.2) is 61.3 Å². The first-order chi connectivity index (χ1) is 15.1. The molecule has 3 rings (SSSR count). The molecule has 0 unspecified atom stereocenters. The van der Waals surface area contributed by atoms with Gasteiger partial charge in [-0.25, -0.2) is 4.79 Å². The Bertz CT molecular complexity index is 874. The predicted molar refractivity (Wildman–Crippen MR) is 131 cm³/mol. The van der Waals surface area contributed by atoms with Gasteiger partial charge in [-0.1, -0.05) is 30.3 Å². The fourth-order valence-electron chi connectivity index (χ4n) is 3.39. The zero-order valence-electron chi connectivity index (χ0n) is 17.9. The topological polar surface area (TPSA) is 79.5 Å². The minimum atomic E-state index is -0.670. The summed E-state index contributed by atoms with van der Waals surface area (Å²) in [6, 6.07) is 14.9. The van der Waals surface area contributed by atoms with Crippen molar-refractivity contribution in [3.63, 3.8) is 0 Å². The lowest BCUT2D eigenvalue weighted by molar-refractivity contribution is -0.142. The molecule has 166 valence electrons. The van der Waals surface area contributed by atoms with Crippen molar-refractivity contribution in [1.29, 1.82) is 0 Å². The van der Waals surface area contributed by atoms with E-state index in [1.807, 2.05) is 66.5 Å². The fourth-order valence-corrected chi connectivity index (χ4v) is 4.82. The number of thioether (sulfide) groups is 2. The molecule has 1 saturated heterocycles. The Morgan fingerprint density at radius 2 is 2.06 bits per heavy atom. The highest BCUT2D eigenvalue weighted by Gasteiger charge is 2.23. The van der Waals surface area contributed by atoms with E-state index in [1.54, 1.807) is 11.8 Å². The molecule has 1 aliphatic rings. The number of amides is 1.